The highest BCUT2D eigenvalue weighted by molar-refractivity contribution is 7.99. The van der Waals surface area contributed by atoms with E-state index in [2.05, 4.69) is 36.2 Å². The highest BCUT2D eigenvalue weighted by Gasteiger charge is 2.01. The summed E-state index contributed by atoms with van der Waals surface area (Å²) >= 11 is 1.70. The van der Waals surface area contributed by atoms with Gasteiger partial charge in [0.1, 0.15) is 12.1 Å². The van der Waals surface area contributed by atoms with Crippen LogP contribution in [0.2, 0.25) is 0 Å². The van der Waals surface area contributed by atoms with Gasteiger partial charge in [0.05, 0.1) is 6.61 Å². The number of rotatable bonds is 6. The lowest BCUT2D eigenvalue weighted by molar-refractivity contribution is 0.318. The number of nitrogens with zero attached hydrogens (tertiary/aromatic N) is 3. The molecule has 0 aliphatic rings. The van der Waals surface area contributed by atoms with Crippen LogP contribution in [0.15, 0.2) is 29.7 Å². The minimum atomic E-state index is 0.730. The van der Waals surface area contributed by atoms with Gasteiger partial charge in [-0.05, 0) is 43.5 Å². The first-order chi connectivity index (χ1) is 9.16. The van der Waals surface area contributed by atoms with E-state index in [0.717, 1.165) is 29.7 Å². The van der Waals surface area contributed by atoms with Crippen LogP contribution in [-0.2, 0) is 7.05 Å². The minimum Gasteiger partial charge on any atom is -0.494 e. The number of aromatic nitrogens is 3. The number of hydrogen-bond donors (Lipinski definition) is 0. The van der Waals surface area contributed by atoms with E-state index < -0.39 is 0 Å². The van der Waals surface area contributed by atoms with Gasteiger partial charge >= 0.3 is 0 Å². The second-order valence-electron chi connectivity index (χ2n) is 4.52. The van der Waals surface area contributed by atoms with E-state index in [1.807, 2.05) is 17.7 Å². The second-order valence-corrected chi connectivity index (χ2v) is 5.58. The summed E-state index contributed by atoms with van der Waals surface area (Å²) < 4.78 is 7.66. The van der Waals surface area contributed by atoms with Crippen LogP contribution in [0, 0.1) is 13.8 Å². The molecule has 0 saturated carbocycles. The molecule has 0 saturated heterocycles. The maximum absolute atomic E-state index is 5.74. The Labute approximate surface area is 118 Å². The SMILES string of the molecule is Cc1ccc(OCCCSc2nncn2C)cc1C. The van der Waals surface area contributed by atoms with Crippen LogP contribution < -0.4 is 4.74 Å². The standard InChI is InChI=1S/C14H19N3OS/c1-11-5-6-13(9-12(11)2)18-7-4-8-19-14-16-15-10-17(14)3/h5-6,9-10H,4,7-8H2,1-3H3. The molecule has 0 aliphatic carbocycles. The summed E-state index contributed by atoms with van der Waals surface area (Å²) in [6, 6.07) is 6.21. The van der Waals surface area contributed by atoms with Gasteiger partial charge in [-0.25, -0.2) is 0 Å². The van der Waals surface area contributed by atoms with E-state index in [1.165, 1.54) is 11.1 Å². The Kier molecular flexibility index (Phi) is 4.85. The predicted octanol–water partition coefficient (Wildman–Crippen LogP) is 2.99. The summed E-state index contributed by atoms with van der Waals surface area (Å²) in [7, 11) is 1.95. The Hall–Kier alpha value is -1.49. The Bertz CT molecular complexity index is 539. The molecule has 19 heavy (non-hydrogen) atoms. The molecule has 0 N–H and O–H groups in total. The second kappa shape index (κ2) is 6.61. The van der Waals surface area contributed by atoms with Crippen molar-refractivity contribution in [3.8, 4) is 5.75 Å². The zero-order valence-electron chi connectivity index (χ0n) is 11.6. The quantitative estimate of drug-likeness (QED) is 0.601. The summed E-state index contributed by atoms with van der Waals surface area (Å²) in [6.07, 6.45) is 2.71. The largest absolute Gasteiger partial charge is 0.494 e. The monoisotopic (exact) mass is 277 g/mol. The fraction of sp³-hybridized carbons (Fsp3) is 0.429. The number of benzene rings is 1. The van der Waals surface area contributed by atoms with Crippen LogP contribution >= 0.6 is 11.8 Å². The van der Waals surface area contributed by atoms with Crippen LogP contribution in [0.4, 0.5) is 0 Å². The van der Waals surface area contributed by atoms with Crippen molar-refractivity contribution in [2.45, 2.75) is 25.4 Å². The molecule has 1 heterocycles. The first-order valence-electron chi connectivity index (χ1n) is 6.33. The summed E-state index contributed by atoms with van der Waals surface area (Å²) in [5, 5.41) is 8.83. The van der Waals surface area contributed by atoms with Crippen LogP contribution in [0.5, 0.6) is 5.75 Å². The molecule has 2 aromatic rings. The van der Waals surface area contributed by atoms with E-state index in [4.69, 9.17) is 4.74 Å². The third-order valence-corrected chi connectivity index (χ3v) is 4.06. The normalized spacial score (nSPS) is 10.7. The van der Waals surface area contributed by atoms with Gasteiger partial charge in [0.2, 0.25) is 0 Å². The maximum atomic E-state index is 5.74. The molecule has 0 amide bonds. The Balaban J connectivity index is 1.69. The van der Waals surface area contributed by atoms with Gasteiger partial charge in [-0.15, -0.1) is 10.2 Å². The lowest BCUT2D eigenvalue weighted by Gasteiger charge is -2.08. The molecular weight excluding hydrogens is 258 g/mol. The van der Waals surface area contributed by atoms with Gasteiger partial charge in [0.15, 0.2) is 5.16 Å². The van der Waals surface area contributed by atoms with Gasteiger partial charge < -0.3 is 9.30 Å². The fourth-order valence-corrected chi connectivity index (χ4v) is 2.42. The number of aryl methyl sites for hydroxylation is 3. The number of thioether (sulfide) groups is 1. The number of hydrogen-bond acceptors (Lipinski definition) is 4. The number of ether oxygens (including phenoxy) is 1. The van der Waals surface area contributed by atoms with Crippen LogP contribution in [0.3, 0.4) is 0 Å². The van der Waals surface area contributed by atoms with Crippen molar-refractivity contribution >= 4 is 11.8 Å². The summed E-state index contributed by atoms with van der Waals surface area (Å²) in [5.41, 5.74) is 2.57. The Morgan fingerprint density at radius 3 is 2.79 bits per heavy atom. The summed E-state index contributed by atoms with van der Waals surface area (Å²) in [4.78, 5) is 0. The Morgan fingerprint density at radius 2 is 2.11 bits per heavy atom. The molecule has 0 spiro atoms. The highest BCUT2D eigenvalue weighted by atomic mass is 32.2. The molecule has 102 valence electrons. The lowest BCUT2D eigenvalue weighted by atomic mass is 10.1. The highest BCUT2D eigenvalue weighted by Crippen LogP contribution is 2.18. The molecule has 0 fully saturated rings. The minimum absolute atomic E-state index is 0.730. The van der Waals surface area contributed by atoms with Crippen molar-refractivity contribution in [3.63, 3.8) is 0 Å². The lowest BCUT2D eigenvalue weighted by Crippen LogP contribution is -2.00. The molecule has 0 radical (unpaired) electrons. The summed E-state index contributed by atoms with van der Waals surface area (Å²) in [5.74, 6) is 1.93. The van der Waals surface area contributed by atoms with Gasteiger partial charge in [0, 0.05) is 12.8 Å². The van der Waals surface area contributed by atoms with Crippen LogP contribution in [0.1, 0.15) is 17.5 Å². The third-order valence-electron chi connectivity index (χ3n) is 2.94. The molecule has 5 heteroatoms. The van der Waals surface area contributed by atoms with Crippen LogP contribution in [-0.4, -0.2) is 27.1 Å². The van der Waals surface area contributed by atoms with E-state index >= 15 is 0 Å². The van der Waals surface area contributed by atoms with E-state index in [1.54, 1.807) is 18.1 Å². The van der Waals surface area contributed by atoms with Gasteiger partial charge in [-0.2, -0.15) is 0 Å². The molecule has 4 nitrogen and oxygen atoms in total. The van der Waals surface area contributed by atoms with E-state index in [-0.39, 0.29) is 0 Å². The molecule has 0 bridgehead atoms. The average molecular weight is 277 g/mol. The molecule has 1 aromatic heterocycles. The van der Waals surface area contributed by atoms with Gasteiger partial charge in [-0.3, -0.25) is 0 Å². The molecule has 0 unspecified atom stereocenters. The van der Waals surface area contributed by atoms with Crippen molar-refractivity contribution in [1.29, 1.82) is 0 Å². The smallest absolute Gasteiger partial charge is 0.190 e. The fourth-order valence-electron chi connectivity index (χ4n) is 1.62. The van der Waals surface area contributed by atoms with Crippen molar-refractivity contribution in [2.75, 3.05) is 12.4 Å². The van der Waals surface area contributed by atoms with Crippen molar-refractivity contribution in [1.82, 2.24) is 14.8 Å². The maximum Gasteiger partial charge on any atom is 0.190 e. The zero-order valence-corrected chi connectivity index (χ0v) is 12.4. The molecule has 1 aromatic carbocycles. The van der Waals surface area contributed by atoms with E-state index in [9.17, 15) is 0 Å². The zero-order chi connectivity index (χ0) is 13.7. The summed E-state index contributed by atoms with van der Waals surface area (Å²) in [6.45, 7) is 4.94. The van der Waals surface area contributed by atoms with Gasteiger partial charge in [-0.1, -0.05) is 17.8 Å². The topological polar surface area (TPSA) is 39.9 Å². The van der Waals surface area contributed by atoms with Crippen molar-refractivity contribution < 1.29 is 4.74 Å². The van der Waals surface area contributed by atoms with Crippen LogP contribution in [0.25, 0.3) is 0 Å². The molecular formula is C14H19N3OS. The van der Waals surface area contributed by atoms with Crippen molar-refractivity contribution in [2.24, 2.45) is 7.05 Å². The van der Waals surface area contributed by atoms with E-state index in [0.29, 0.717) is 0 Å². The molecule has 0 aliphatic heterocycles. The molecule has 0 atom stereocenters. The Morgan fingerprint density at radius 1 is 1.26 bits per heavy atom. The van der Waals surface area contributed by atoms with Gasteiger partial charge in [0.25, 0.3) is 0 Å². The molecule has 2 rings (SSSR count). The third kappa shape index (κ3) is 3.99. The first-order valence-corrected chi connectivity index (χ1v) is 7.32. The van der Waals surface area contributed by atoms with Crippen molar-refractivity contribution in [3.05, 3.63) is 35.7 Å². The average Bonchev–Trinajstić information content (AvgIpc) is 2.79. The first kappa shape index (κ1) is 13.9. The predicted molar refractivity (Wildman–Crippen MR) is 77.8 cm³/mol.